The summed E-state index contributed by atoms with van der Waals surface area (Å²) in [6.07, 6.45) is -4.22. The molecule has 0 saturated carbocycles. The summed E-state index contributed by atoms with van der Waals surface area (Å²) < 4.78 is 37.8. The molecule has 0 spiro atoms. The van der Waals surface area contributed by atoms with Gasteiger partial charge < -0.3 is 10.2 Å². The number of rotatable bonds is 2. The van der Waals surface area contributed by atoms with E-state index in [4.69, 9.17) is 0 Å². The summed E-state index contributed by atoms with van der Waals surface area (Å²) in [5, 5.41) is 2.78. The number of carbonyl (C=O) groups excluding carboxylic acids is 2. The first-order valence-electron chi connectivity index (χ1n) is 6.70. The number of piperidine rings is 1. The molecule has 1 heterocycles. The second kappa shape index (κ2) is 6.68. The van der Waals surface area contributed by atoms with Crippen LogP contribution in [0.2, 0.25) is 0 Å². The number of benzene rings is 1. The Balaban J connectivity index is 1.86. The number of nitrogens with zero attached hydrogens (tertiary/aromatic N) is 1. The second-order valence-electron chi connectivity index (χ2n) is 5.04. The number of halogens is 4. The van der Waals surface area contributed by atoms with Gasteiger partial charge in [-0.3, -0.25) is 9.59 Å². The van der Waals surface area contributed by atoms with Gasteiger partial charge in [0.1, 0.15) is 0 Å². The van der Waals surface area contributed by atoms with Gasteiger partial charge in [-0.1, -0.05) is 15.9 Å². The molecule has 1 aliphatic rings. The predicted molar refractivity (Wildman–Crippen MR) is 77.3 cm³/mol. The highest BCUT2D eigenvalue weighted by molar-refractivity contribution is 9.10. The first kappa shape index (κ1) is 16.8. The summed E-state index contributed by atoms with van der Waals surface area (Å²) in [6, 6.07) is 6.55. The van der Waals surface area contributed by atoms with Crippen molar-refractivity contribution < 1.29 is 22.8 Å². The van der Waals surface area contributed by atoms with Crippen LogP contribution in [0.1, 0.15) is 23.2 Å². The van der Waals surface area contributed by atoms with Gasteiger partial charge in [0.2, 0.25) is 0 Å². The topological polar surface area (TPSA) is 49.4 Å². The summed E-state index contributed by atoms with van der Waals surface area (Å²) in [7, 11) is 0. The fourth-order valence-electron chi connectivity index (χ4n) is 2.28. The van der Waals surface area contributed by atoms with Gasteiger partial charge in [0.25, 0.3) is 5.91 Å². The lowest BCUT2D eigenvalue weighted by atomic mass is 10.0. The van der Waals surface area contributed by atoms with Crippen LogP contribution in [0, 0.1) is 0 Å². The van der Waals surface area contributed by atoms with Crippen LogP contribution in [0.15, 0.2) is 28.7 Å². The quantitative estimate of drug-likeness (QED) is 0.859. The molecule has 120 valence electrons. The maximum atomic E-state index is 12.3. The van der Waals surface area contributed by atoms with Gasteiger partial charge in [0, 0.05) is 29.2 Å². The minimum Gasteiger partial charge on any atom is -0.349 e. The first-order valence-corrected chi connectivity index (χ1v) is 7.49. The van der Waals surface area contributed by atoms with Crippen molar-refractivity contribution in [3.63, 3.8) is 0 Å². The zero-order valence-corrected chi connectivity index (χ0v) is 13.1. The van der Waals surface area contributed by atoms with E-state index in [2.05, 4.69) is 21.2 Å². The second-order valence-corrected chi connectivity index (χ2v) is 5.96. The van der Waals surface area contributed by atoms with Gasteiger partial charge >= 0.3 is 12.1 Å². The van der Waals surface area contributed by atoms with E-state index in [0.29, 0.717) is 18.4 Å². The molecule has 0 aliphatic carbocycles. The van der Waals surface area contributed by atoms with E-state index >= 15 is 0 Å². The van der Waals surface area contributed by atoms with Crippen molar-refractivity contribution in [2.75, 3.05) is 13.1 Å². The number of nitrogens with one attached hydrogen (secondary N) is 1. The van der Waals surface area contributed by atoms with Gasteiger partial charge in [0.15, 0.2) is 0 Å². The molecular formula is C14H14BrF3N2O2. The highest BCUT2D eigenvalue weighted by atomic mass is 79.9. The van der Waals surface area contributed by atoms with Crippen molar-refractivity contribution in [3.05, 3.63) is 34.3 Å². The Morgan fingerprint density at radius 3 is 2.18 bits per heavy atom. The Kier molecular flexibility index (Phi) is 5.10. The van der Waals surface area contributed by atoms with E-state index in [1.165, 1.54) is 0 Å². The molecule has 0 atom stereocenters. The molecule has 0 unspecified atom stereocenters. The predicted octanol–water partition coefficient (Wildman–Crippen LogP) is 2.73. The third-order valence-corrected chi connectivity index (χ3v) is 3.99. The Hall–Kier alpha value is -1.57. The SMILES string of the molecule is O=C(NC1CCN(C(=O)C(F)(F)F)CC1)c1ccc(Br)cc1. The zero-order chi connectivity index (χ0) is 16.3. The van der Waals surface area contributed by atoms with Crippen molar-refractivity contribution in [1.29, 1.82) is 0 Å². The molecule has 0 aromatic heterocycles. The van der Waals surface area contributed by atoms with Crippen molar-refractivity contribution >= 4 is 27.7 Å². The number of hydrogen-bond acceptors (Lipinski definition) is 2. The van der Waals surface area contributed by atoms with Crippen molar-refractivity contribution in [2.45, 2.75) is 25.1 Å². The lowest BCUT2D eigenvalue weighted by Crippen LogP contribution is -2.50. The highest BCUT2D eigenvalue weighted by Crippen LogP contribution is 2.21. The van der Waals surface area contributed by atoms with E-state index in [1.807, 2.05) is 0 Å². The normalized spacial score (nSPS) is 16.5. The van der Waals surface area contributed by atoms with E-state index in [9.17, 15) is 22.8 Å². The molecule has 8 heteroatoms. The van der Waals surface area contributed by atoms with Gasteiger partial charge in [-0.2, -0.15) is 13.2 Å². The Morgan fingerprint density at radius 2 is 1.68 bits per heavy atom. The molecule has 1 saturated heterocycles. The number of likely N-dealkylation sites (tertiary alicyclic amines) is 1. The smallest absolute Gasteiger partial charge is 0.349 e. The van der Waals surface area contributed by atoms with Crippen LogP contribution in [0.25, 0.3) is 0 Å². The van der Waals surface area contributed by atoms with Crippen molar-refractivity contribution in [1.82, 2.24) is 10.2 Å². The minimum absolute atomic E-state index is 0.0103. The molecular weight excluding hydrogens is 365 g/mol. The lowest BCUT2D eigenvalue weighted by molar-refractivity contribution is -0.186. The third kappa shape index (κ3) is 4.22. The molecule has 0 radical (unpaired) electrons. The fourth-order valence-corrected chi connectivity index (χ4v) is 2.54. The summed E-state index contributed by atoms with van der Waals surface area (Å²) in [6.45, 7) is -0.0206. The molecule has 1 aliphatic heterocycles. The van der Waals surface area contributed by atoms with E-state index < -0.39 is 12.1 Å². The highest BCUT2D eigenvalue weighted by Gasteiger charge is 2.43. The van der Waals surface area contributed by atoms with Crippen LogP contribution in [-0.2, 0) is 4.79 Å². The van der Waals surface area contributed by atoms with Crippen LogP contribution < -0.4 is 5.32 Å². The molecule has 2 amide bonds. The Morgan fingerprint density at radius 1 is 1.14 bits per heavy atom. The summed E-state index contributed by atoms with van der Waals surface area (Å²) in [5.41, 5.74) is 0.483. The van der Waals surface area contributed by atoms with Crippen molar-refractivity contribution in [3.8, 4) is 0 Å². The van der Waals surface area contributed by atoms with E-state index in [1.54, 1.807) is 24.3 Å². The minimum atomic E-state index is -4.84. The maximum absolute atomic E-state index is 12.3. The Bertz CT molecular complexity index is 552. The number of carbonyl (C=O) groups is 2. The molecule has 1 aromatic rings. The molecule has 1 fully saturated rings. The molecule has 4 nitrogen and oxygen atoms in total. The summed E-state index contributed by atoms with van der Waals surface area (Å²) >= 11 is 3.27. The zero-order valence-electron chi connectivity index (χ0n) is 11.5. The number of amides is 2. The molecule has 2 rings (SSSR count). The van der Waals surface area contributed by atoms with Crippen LogP contribution in [0.3, 0.4) is 0 Å². The molecule has 1 aromatic carbocycles. The van der Waals surface area contributed by atoms with E-state index in [0.717, 1.165) is 9.37 Å². The van der Waals surface area contributed by atoms with Gasteiger partial charge in [-0.25, -0.2) is 0 Å². The van der Waals surface area contributed by atoms with Crippen LogP contribution >= 0.6 is 15.9 Å². The van der Waals surface area contributed by atoms with Crippen molar-refractivity contribution in [2.24, 2.45) is 0 Å². The number of hydrogen-bond donors (Lipinski definition) is 1. The third-order valence-electron chi connectivity index (χ3n) is 3.47. The molecule has 0 bridgehead atoms. The largest absolute Gasteiger partial charge is 0.471 e. The average molecular weight is 379 g/mol. The average Bonchev–Trinajstić information content (AvgIpc) is 2.47. The van der Waals surface area contributed by atoms with E-state index in [-0.39, 0.29) is 25.0 Å². The van der Waals surface area contributed by atoms with Crippen LogP contribution in [0.5, 0.6) is 0 Å². The van der Waals surface area contributed by atoms with Gasteiger partial charge in [-0.15, -0.1) is 0 Å². The summed E-state index contributed by atoms with van der Waals surface area (Å²) in [5.74, 6) is -2.08. The molecule has 22 heavy (non-hydrogen) atoms. The first-order chi connectivity index (χ1) is 10.3. The standard InChI is InChI=1S/C14H14BrF3N2O2/c15-10-3-1-9(2-4-10)12(21)19-11-5-7-20(8-6-11)13(22)14(16,17)18/h1-4,11H,5-8H2,(H,19,21). The Labute approximate surface area is 133 Å². The fraction of sp³-hybridized carbons (Fsp3) is 0.429. The van der Waals surface area contributed by atoms with Gasteiger partial charge in [-0.05, 0) is 37.1 Å². The number of alkyl halides is 3. The van der Waals surface area contributed by atoms with Gasteiger partial charge in [0.05, 0.1) is 0 Å². The van der Waals surface area contributed by atoms with Crippen LogP contribution in [0.4, 0.5) is 13.2 Å². The monoisotopic (exact) mass is 378 g/mol. The lowest BCUT2D eigenvalue weighted by Gasteiger charge is -2.32. The maximum Gasteiger partial charge on any atom is 0.471 e. The summed E-state index contributed by atoms with van der Waals surface area (Å²) in [4.78, 5) is 23.9. The van der Waals surface area contributed by atoms with Crippen LogP contribution in [-0.4, -0.2) is 42.0 Å². The molecule has 1 N–H and O–H groups in total.